The summed E-state index contributed by atoms with van der Waals surface area (Å²) in [7, 11) is 0. The van der Waals surface area contributed by atoms with Gasteiger partial charge in [-0.2, -0.15) is 5.10 Å². The summed E-state index contributed by atoms with van der Waals surface area (Å²) in [5.74, 6) is 0.557. The van der Waals surface area contributed by atoms with Gasteiger partial charge in [0.25, 0.3) is 0 Å². The molecule has 0 bridgehead atoms. The fourth-order valence-corrected chi connectivity index (χ4v) is 1.49. The highest BCUT2D eigenvalue weighted by Gasteiger charge is 2.20. The Labute approximate surface area is 91.1 Å². The molecular formula is C11H21N3O. The van der Waals surface area contributed by atoms with Crippen LogP contribution in [-0.4, -0.2) is 27.0 Å². The second-order valence-electron chi connectivity index (χ2n) is 4.89. The lowest BCUT2D eigenvalue weighted by atomic mass is 9.98. The van der Waals surface area contributed by atoms with Gasteiger partial charge in [0.1, 0.15) is 0 Å². The first-order valence-electron chi connectivity index (χ1n) is 5.35. The Bertz CT molecular complexity index is 305. The lowest BCUT2D eigenvalue weighted by Gasteiger charge is -2.22. The Hall–Kier alpha value is -0.870. The van der Waals surface area contributed by atoms with Crippen molar-refractivity contribution >= 4 is 0 Å². The minimum atomic E-state index is -0.561. The second kappa shape index (κ2) is 4.77. The van der Waals surface area contributed by atoms with E-state index < -0.39 is 5.54 Å². The Balaban J connectivity index is 2.73. The number of aliphatic hydroxyl groups is 1. The van der Waals surface area contributed by atoms with Crippen molar-refractivity contribution in [3.8, 4) is 0 Å². The van der Waals surface area contributed by atoms with Crippen LogP contribution in [0.2, 0.25) is 0 Å². The van der Waals surface area contributed by atoms with Crippen LogP contribution < -0.4 is 5.73 Å². The van der Waals surface area contributed by atoms with E-state index >= 15 is 0 Å². The lowest BCUT2D eigenvalue weighted by Crippen LogP contribution is -2.43. The van der Waals surface area contributed by atoms with Crippen LogP contribution in [0.5, 0.6) is 0 Å². The fraction of sp³-hybridized carbons (Fsp3) is 0.727. The van der Waals surface area contributed by atoms with Crippen LogP contribution in [0.4, 0.5) is 0 Å². The summed E-state index contributed by atoms with van der Waals surface area (Å²) >= 11 is 0. The highest BCUT2D eigenvalue weighted by molar-refractivity contribution is 5.06. The monoisotopic (exact) mass is 211 g/mol. The van der Waals surface area contributed by atoms with Crippen molar-refractivity contribution in [2.24, 2.45) is 11.7 Å². The lowest BCUT2D eigenvalue weighted by molar-refractivity contribution is 0.205. The van der Waals surface area contributed by atoms with Gasteiger partial charge < -0.3 is 10.8 Å². The molecular weight excluding hydrogens is 190 g/mol. The number of nitrogens with zero attached hydrogens (tertiary/aromatic N) is 2. The maximum Gasteiger partial charge on any atom is 0.0612 e. The maximum atomic E-state index is 9.11. The van der Waals surface area contributed by atoms with Gasteiger partial charge in [0.2, 0.25) is 0 Å². The molecule has 1 heterocycles. The molecule has 0 aliphatic carbocycles. The number of nitrogens with two attached hydrogens (primary N) is 1. The third-order valence-corrected chi connectivity index (χ3v) is 2.29. The smallest absolute Gasteiger partial charge is 0.0612 e. The van der Waals surface area contributed by atoms with Crippen LogP contribution in [0.1, 0.15) is 26.5 Å². The van der Waals surface area contributed by atoms with E-state index in [9.17, 15) is 0 Å². The van der Waals surface area contributed by atoms with Crippen LogP contribution in [0, 0.1) is 5.92 Å². The summed E-state index contributed by atoms with van der Waals surface area (Å²) in [4.78, 5) is 0. The predicted octanol–water partition coefficient (Wildman–Crippen LogP) is 0.791. The average molecular weight is 211 g/mol. The minimum Gasteiger partial charge on any atom is -0.394 e. The summed E-state index contributed by atoms with van der Waals surface area (Å²) in [5.41, 5.74) is 6.44. The van der Waals surface area contributed by atoms with Crippen molar-refractivity contribution in [2.45, 2.75) is 39.3 Å². The third kappa shape index (κ3) is 3.64. The molecule has 0 aliphatic heterocycles. The third-order valence-electron chi connectivity index (χ3n) is 2.29. The van der Waals surface area contributed by atoms with Crippen LogP contribution in [0.25, 0.3) is 0 Å². The molecule has 15 heavy (non-hydrogen) atoms. The molecule has 0 amide bonds. The molecule has 86 valence electrons. The van der Waals surface area contributed by atoms with Gasteiger partial charge in [-0.15, -0.1) is 0 Å². The number of rotatable bonds is 5. The zero-order chi connectivity index (χ0) is 11.5. The Kier molecular flexibility index (Phi) is 3.88. The molecule has 1 unspecified atom stereocenters. The van der Waals surface area contributed by atoms with Crippen molar-refractivity contribution in [2.75, 3.05) is 6.61 Å². The first-order valence-corrected chi connectivity index (χ1v) is 5.35. The maximum absolute atomic E-state index is 9.11. The summed E-state index contributed by atoms with van der Waals surface area (Å²) < 4.78 is 1.96. The first-order chi connectivity index (χ1) is 6.94. The highest BCUT2D eigenvalue weighted by Crippen LogP contribution is 2.11. The van der Waals surface area contributed by atoms with Gasteiger partial charge in [0.05, 0.1) is 6.61 Å². The zero-order valence-electron chi connectivity index (χ0n) is 9.77. The molecule has 1 aromatic rings. The van der Waals surface area contributed by atoms with Crippen molar-refractivity contribution in [1.29, 1.82) is 0 Å². The van der Waals surface area contributed by atoms with E-state index in [0.717, 1.165) is 12.2 Å². The van der Waals surface area contributed by atoms with Gasteiger partial charge >= 0.3 is 0 Å². The second-order valence-corrected chi connectivity index (χ2v) is 4.89. The normalized spacial score (nSPS) is 15.6. The summed E-state index contributed by atoms with van der Waals surface area (Å²) in [6.45, 7) is 7.03. The van der Waals surface area contributed by atoms with Gasteiger partial charge in [0.15, 0.2) is 0 Å². The number of hydrogen-bond acceptors (Lipinski definition) is 3. The number of hydrogen-bond donors (Lipinski definition) is 2. The topological polar surface area (TPSA) is 64.1 Å². The van der Waals surface area contributed by atoms with Crippen molar-refractivity contribution in [3.63, 3.8) is 0 Å². The Morgan fingerprint density at radius 1 is 1.60 bits per heavy atom. The molecule has 1 atom stereocenters. The molecule has 0 radical (unpaired) electrons. The molecule has 1 aromatic heterocycles. The minimum absolute atomic E-state index is 0.0140. The molecule has 1 rings (SSSR count). The van der Waals surface area contributed by atoms with Gasteiger partial charge in [-0.25, -0.2) is 0 Å². The fourth-order valence-electron chi connectivity index (χ4n) is 1.49. The van der Waals surface area contributed by atoms with E-state index in [1.807, 2.05) is 17.7 Å². The summed E-state index contributed by atoms with van der Waals surface area (Å²) in [6.07, 6.45) is 2.43. The molecule has 0 fully saturated rings. The average Bonchev–Trinajstić information content (AvgIpc) is 2.51. The molecule has 0 aromatic carbocycles. The molecule has 0 saturated carbocycles. The van der Waals surface area contributed by atoms with Crippen LogP contribution in [0.15, 0.2) is 12.3 Å². The van der Waals surface area contributed by atoms with Gasteiger partial charge in [-0.3, -0.25) is 4.68 Å². The summed E-state index contributed by atoms with van der Waals surface area (Å²) in [6, 6.07) is 1.96. The SMILES string of the molecule is CC(C)Cn1nccc1CC(C)(N)CO. The van der Waals surface area contributed by atoms with Crippen LogP contribution in [0.3, 0.4) is 0 Å². The van der Waals surface area contributed by atoms with E-state index in [1.54, 1.807) is 6.20 Å². The Morgan fingerprint density at radius 2 is 2.27 bits per heavy atom. The van der Waals surface area contributed by atoms with Crippen LogP contribution in [-0.2, 0) is 13.0 Å². The van der Waals surface area contributed by atoms with Crippen molar-refractivity contribution in [1.82, 2.24) is 9.78 Å². The van der Waals surface area contributed by atoms with Gasteiger partial charge in [0, 0.05) is 30.4 Å². The predicted molar refractivity (Wildman–Crippen MR) is 60.4 cm³/mol. The molecule has 0 saturated heterocycles. The van der Waals surface area contributed by atoms with E-state index in [1.165, 1.54) is 0 Å². The van der Waals surface area contributed by atoms with E-state index in [-0.39, 0.29) is 6.61 Å². The quantitative estimate of drug-likeness (QED) is 0.757. The molecule has 4 nitrogen and oxygen atoms in total. The molecule has 4 heteroatoms. The number of aliphatic hydroxyl groups excluding tert-OH is 1. The van der Waals surface area contributed by atoms with E-state index in [4.69, 9.17) is 10.8 Å². The largest absolute Gasteiger partial charge is 0.394 e. The zero-order valence-corrected chi connectivity index (χ0v) is 9.77. The van der Waals surface area contributed by atoms with Crippen molar-refractivity contribution in [3.05, 3.63) is 18.0 Å². The van der Waals surface area contributed by atoms with Gasteiger partial charge in [-0.1, -0.05) is 13.8 Å². The molecule has 3 N–H and O–H groups in total. The highest BCUT2D eigenvalue weighted by atomic mass is 16.3. The summed E-state index contributed by atoms with van der Waals surface area (Å²) in [5, 5.41) is 13.4. The van der Waals surface area contributed by atoms with E-state index in [2.05, 4.69) is 18.9 Å². The van der Waals surface area contributed by atoms with E-state index in [0.29, 0.717) is 12.3 Å². The molecule has 0 spiro atoms. The number of aromatic nitrogens is 2. The standard InChI is InChI=1S/C11H21N3O/c1-9(2)7-14-10(4-5-13-14)6-11(3,12)8-15/h4-5,9,15H,6-8,12H2,1-3H3. The molecule has 0 aliphatic rings. The van der Waals surface area contributed by atoms with Crippen LogP contribution >= 0.6 is 0 Å². The van der Waals surface area contributed by atoms with Gasteiger partial charge in [-0.05, 0) is 18.9 Å². The first kappa shape index (κ1) is 12.2. The Morgan fingerprint density at radius 3 is 2.80 bits per heavy atom. The van der Waals surface area contributed by atoms with Crippen molar-refractivity contribution < 1.29 is 5.11 Å².